The van der Waals surface area contributed by atoms with Gasteiger partial charge in [-0.05, 0) is 61.7 Å². The molecule has 0 saturated carbocycles. The molecule has 26 heavy (non-hydrogen) atoms. The zero-order chi connectivity index (χ0) is 17.3. The lowest BCUT2D eigenvalue weighted by Crippen LogP contribution is -1.93. The van der Waals surface area contributed by atoms with Crippen LogP contribution in [0.4, 0.5) is 0 Å². The van der Waals surface area contributed by atoms with E-state index in [1.807, 2.05) is 0 Å². The van der Waals surface area contributed by atoms with Gasteiger partial charge in [0.15, 0.2) is 0 Å². The van der Waals surface area contributed by atoms with E-state index < -0.39 is 0 Å². The zero-order valence-electron chi connectivity index (χ0n) is 13.9. The summed E-state index contributed by atoms with van der Waals surface area (Å²) >= 11 is 3.83. The Morgan fingerprint density at radius 2 is 1.19 bits per heavy atom. The lowest BCUT2D eigenvalue weighted by Gasteiger charge is -2.09. The first-order valence-electron chi connectivity index (χ1n) is 8.75. The summed E-state index contributed by atoms with van der Waals surface area (Å²) in [4.78, 5) is 0. The number of benzene rings is 5. The predicted molar refractivity (Wildman–Crippen MR) is 115 cm³/mol. The van der Waals surface area contributed by atoms with E-state index in [1.165, 1.54) is 49.0 Å². The van der Waals surface area contributed by atoms with Crippen LogP contribution in [0.3, 0.4) is 0 Å². The first-order valence-corrected chi connectivity index (χ1v) is 9.55. The molecule has 0 aliphatic heterocycles. The molecule has 6 aromatic rings. The molecule has 0 radical (unpaired) electrons. The number of halogens is 1. The summed E-state index contributed by atoms with van der Waals surface area (Å²) in [6, 6.07) is 30.4. The van der Waals surface area contributed by atoms with Gasteiger partial charge >= 0.3 is 0 Å². The summed E-state index contributed by atoms with van der Waals surface area (Å²) in [5.74, 6) is 0. The average Bonchev–Trinajstić information content (AvgIpc) is 3.06. The van der Waals surface area contributed by atoms with Gasteiger partial charge in [-0.15, -0.1) is 0 Å². The van der Waals surface area contributed by atoms with Crippen LogP contribution in [-0.4, -0.2) is 4.57 Å². The molecule has 0 spiro atoms. The fourth-order valence-corrected chi connectivity index (χ4v) is 4.90. The maximum atomic E-state index is 3.83. The first kappa shape index (κ1) is 14.3. The lowest BCUT2D eigenvalue weighted by molar-refractivity contribution is 1.18. The van der Waals surface area contributed by atoms with E-state index >= 15 is 0 Å². The Morgan fingerprint density at radius 1 is 0.538 bits per heavy atom. The molecule has 0 fully saturated rings. The van der Waals surface area contributed by atoms with Gasteiger partial charge in [-0.2, -0.15) is 0 Å². The van der Waals surface area contributed by atoms with Crippen LogP contribution < -0.4 is 0 Å². The quantitative estimate of drug-likeness (QED) is 0.257. The van der Waals surface area contributed by atoms with Crippen molar-refractivity contribution in [3.05, 3.63) is 89.4 Å². The Balaban J connectivity index is 2.02. The van der Waals surface area contributed by atoms with Crippen molar-refractivity contribution in [1.82, 2.24) is 4.57 Å². The van der Waals surface area contributed by atoms with Crippen LogP contribution in [0.5, 0.6) is 0 Å². The fraction of sp³-hybridized carbons (Fsp3) is 0. The Labute approximate surface area is 158 Å². The number of hydrogen-bond acceptors (Lipinski definition) is 0. The van der Waals surface area contributed by atoms with Gasteiger partial charge in [-0.3, -0.25) is 0 Å². The van der Waals surface area contributed by atoms with Gasteiger partial charge in [0, 0.05) is 20.9 Å². The van der Waals surface area contributed by atoms with Crippen LogP contribution in [0.2, 0.25) is 0 Å². The SMILES string of the molecule is Brc1ccc2c3ccccc3c3cccc4c3c2c1n4-c1ccccc1. The van der Waals surface area contributed by atoms with Crippen molar-refractivity contribution in [2.75, 3.05) is 0 Å². The smallest absolute Gasteiger partial charge is 0.0689 e. The summed E-state index contributed by atoms with van der Waals surface area (Å²) in [6.07, 6.45) is 0. The fourth-order valence-electron chi connectivity index (χ4n) is 4.39. The Morgan fingerprint density at radius 3 is 1.96 bits per heavy atom. The molecule has 2 heteroatoms. The average molecular weight is 396 g/mol. The van der Waals surface area contributed by atoms with Crippen molar-refractivity contribution in [3.63, 3.8) is 0 Å². The molecule has 0 aliphatic carbocycles. The van der Waals surface area contributed by atoms with Crippen molar-refractivity contribution in [2.45, 2.75) is 0 Å². The van der Waals surface area contributed by atoms with E-state index in [1.54, 1.807) is 0 Å². The van der Waals surface area contributed by atoms with Crippen LogP contribution in [0.25, 0.3) is 49.0 Å². The standard InChI is InChI=1S/C24H14BrN/c25-20-14-13-19-17-10-5-4-9-16(17)18-11-6-12-21-22(18)23(19)24(20)26(21)15-7-2-1-3-8-15/h1-14H. The number of fused-ring (bicyclic) bond motifs is 3. The maximum absolute atomic E-state index is 3.83. The number of hydrogen-bond donors (Lipinski definition) is 0. The second-order valence-electron chi connectivity index (χ2n) is 6.73. The number of rotatable bonds is 1. The van der Waals surface area contributed by atoms with E-state index in [0.29, 0.717) is 0 Å². The van der Waals surface area contributed by atoms with Crippen molar-refractivity contribution in [3.8, 4) is 5.69 Å². The molecule has 0 N–H and O–H groups in total. The number of para-hydroxylation sites is 1. The normalized spacial score (nSPS) is 12.0. The Hall–Kier alpha value is -2.84. The molecule has 0 bridgehead atoms. The van der Waals surface area contributed by atoms with Crippen LogP contribution >= 0.6 is 15.9 Å². The summed E-state index contributed by atoms with van der Waals surface area (Å²) in [5.41, 5.74) is 3.69. The highest BCUT2D eigenvalue weighted by Crippen LogP contribution is 2.45. The summed E-state index contributed by atoms with van der Waals surface area (Å²) in [5, 5.41) is 7.96. The van der Waals surface area contributed by atoms with E-state index in [9.17, 15) is 0 Å². The predicted octanol–water partition coefficient (Wildman–Crippen LogP) is 7.29. The summed E-state index contributed by atoms with van der Waals surface area (Å²) in [6.45, 7) is 0. The molecule has 0 atom stereocenters. The first-order chi connectivity index (χ1) is 12.8. The van der Waals surface area contributed by atoms with Gasteiger partial charge < -0.3 is 4.57 Å². The second-order valence-corrected chi connectivity index (χ2v) is 7.59. The molecule has 1 nitrogen and oxygen atoms in total. The third-order valence-electron chi connectivity index (χ3n) is 5.41. The lowest BCUT2D eigenvalue weighted by atomic mass is 9.94. The largest absolute Gasteiger partial charge is 0.308 e. The molecule has 122 valence electrons. The van der Waals surface area contributed by atoms with Crippen LogP contribution in [0.15, 0.2) is 89.4 Å². The van der Waals surface area contributed by atoms with Crippen molar-refractivity contribution in [1.29, 1.82) is 0 Å². The van der Waals surface area contributed by atoms with Crippen molar-refractivity contribution >= 4 is 59.3 Å². The molecule has 5 aromatic carbocycles. The maximum Gasteiger partial charge on any atom is 0.0689 e. The molecule has 0 aliphatic rings. The molecule has 0 unspecified atom stereocenters. The van der Waals surface area contributed by atoms with Gasteiger partial charge in [0.1, 0.15) is 0 Å². The number of nitrogens with zero attached hydrogens (tertiary/aromatic N) is 1. The van der Waals surface area contributed by atoms with Crippen molar-refractivity contribution in [2.24, 2.45) is 0 Å². The van der Waals surface area contributed by atoms with Crippen LogP contribution in [0, 0.1) is 0 Å². The minimum atomic E-state index is 1.13. The molecule has 0 saturated heterocycles. The van der Waals surface area contributed by atoms with E-state index in [0.717, 1.165) is 4.47 Å². The topological polar surface area (TPSA) is 4.93 Å². The highest BCUT2D eigenvalue weighted by atomic mass is 79.9. The molecular weight excluding hydrogens is 382 g/mol. The molecule has 1 heterocycles. The molecule has 1 aromatic heterocycles. The minimum absolute atomic E-state index is 1.13. The molecular formula is C24H14BrN. The Bertz CT molecular complexity index is 1430. The summed E-state index contributed by atoms with van der Waals surface area (Å²) < 4.78 is 3.51. The number of aromatic nitrogens is 1. The van der Waals surface area contributed by atoms with Crippen LogP contribution in [0.1, 0.15) is 0 Å². The van der Waals surface area contributed by atoms with Gasteiger partial charge in [0.2, 0.25) is 0 Å². The van der Waals surface area contributed by atoms with Gasteiger partial charge in [0.05, 0.1) is 11.0 Å². The summed E-state index contributed by atoms with van der Waals surface area (Å²) in [7, 11) is 0. The Kier molecular flexibility index (Phi) is 2.81. The van der Waals surface area contributed by atoms with Gasteiger partial charge in [-0.1, -0.05) is 60.7 Å². The monoisotopic (exact) mass is 395 g/mol. The van der Waals surface area contributed by atoms with E-state index in [2.05, 4.69) is 105 Å². The second kappa shape index (κ2) is 5.09. The third kappa shape index (κ3) is 1.70. The third-order valence-corrected chi connectivity index (χ3v) is 6.05. The van der Waals surface area contributed by atoms with Crippen LogP contribution in [-0.2, 0) is 0 Å². The van der Waals surface area contributed by atoms with Gasteiger partial charge in [0.25, 0.3) is 0 Å². The molecule has 0 amide bonds. The zero-order valence-corrected chi connectivity index (χ0v) is 15.5. The highest BCUT2D eigenvalue weighted by Gasteiger charge is 2.20. The van der Waals surface area contributed by atoms with E-state index in [-0.39, 0.29) is 0 Å². The molecule has 6 rings (SSSR count). The highest BCUT2D eigenvalue weighted by molar-refractivity contribution is 9.10. The van der Waals surface area contributed by atoms with Gasteiger partial charge in [-0.25, -0.2) is 0 Å². The minimum Gasteiger partial charge on any atom is -0.308 e. The van der Waals surface area contributed by atoms with E-state index in [4.69, 9.17) is 0 Å². The van der Waals surface area contributed by atoms with Crippen molar-refractivity contribution < 1.29 is 0 Å².